The number of carbonyl (C=O) groups excluding carboxylic acids is 1. The van der Waals surface area contributed by atoms with Crippen molar-refractivity contribution in [3.63, 3.8) is 0 Å². The van der Waals surface area contributed by atoms with Crippen molar-refractivity contribution in [3.05, 3.63) is 0 Å². The maximum absolute atomic E-state index is 12.5. The van der Waals surface area contributed by atoms with Crippen molar-refractivity contribution in [2.75, 3.05) is 6.61 Å². The number of aliphatic hydroxyl groups excluding tert-OH is 1. The molecule has 110 valence electrons. The summed E-state index contributed by atoms with van der Waals surface area (Å²) in [6.07, 6.45) is 3.34. The van der Waals surface area contributed by atoms with Gasteiger partial charge in [-0.25, -0.2) is 0 Å². The van der Waals surface area contributed by atoms with Gasteiger partial charge in [0.2, 0.25) is 5.91 Å². The van der Waals surface area contributed by atoms with Crippen LogP contribution in [0.1, 0.15) is 59.8 Å². The lowest BCUT2D eigenvalue weighted by atomic mass is 9.79. The van der Waals surface area contributed by atoms with Crippen LogP contribution in [0.25, 0.3) is 0 Å². The first kappa shape index (κ1) is 17.9. The summed E-state index contributed by atoms with van der Waals surface area (Å²) in [4.78, 5) is 12.5. The molecule has 0 aliphatic heterocycles. The maximum atomic E-state index is 12.5. The Morgan fingerprint density at radius 1 is 1.32 bits per heavy atom. The van der Waals surface area contributed by atoms with E-state index in [4.69, 9.17) is 5.11 Å². The van der Waals surface area contributed by atoms with Gasteiger partial charge in [-0.1, -0.05) is 40.5 Å². The maximum Gasteiger partial charge on any atom is 0.240 e. The van der Waals surface area contributed by atoms with Crippen LogP contribution in [0.4, 0.5) is 0 Å². The Morgan fingerprint density at radius 2 is 1.84 bits per heavy atom. The summed E-state index contributed by atoms with van der Waals surface area (Å²) < 4.78 is 0. The molecule has 0 aromatic heterocycles. The van der Waals surface area contributed by atoms with E-state index in [1.165, 1.54) is 0 Å². The number of nitriles is 1. The standard InChI is InChI=1S/C15H28N2O2/c1-5-8-15(11-16,9-6-2)14(19)17-13(7-10-18)12(3)4/h12-13,18H,5-10H2,1-4H3,(H,17,19). The number of hydrogen-bond acceptors (Lipinski definition) is 3. The third-order valence-corrected chi connectivity index (χ3v) is 3.56. The highest BCUT2D eigenvalue weighted by molar-refractivity contribution is 5.85. The van der Waals surface area contributed by atoms with Gasteiger partial charge in [0, 0.05) is 12.6 Å². The predicted molar refractivity (Wildman–Crippen MR) is 76.3 cm³/mol. The number of carbonyl (C=O) groups is 1. The van der Waals surface area contributed by atoms with Gasteiger partial charge in [-0.15, -0.1) is 0 Å². The summed E-state index contributed by atoms with van der Waals surface area (Å²) in [6.45, 7) is 8.04. The van der Waals surface area contributed by atoms with E-state index in [1.54, 1.807) is 0 Å². The fourth-order valence-corrected chi connectivity index (χ4v) is 2.39. The van der Waals surface area contributed by atoms with E-state index in [0.29, 0.717) is 19.3 Å². The minimum Gasteiger partial charge on any atom is -0.396 e. The van der Waals surface area contributed by atoms with Crippen LogP contribution in [0, 0.1) is 22.7 Å². The zero-order chi connectivity index (χ0) is 14.9. The zero-order valence-electron chi connectivity index (χ0n) is 12.7. The normalized spacial score (nSPS) is 13.1. The number of hydrogen-bond donors (Lipinski definition) is 2. The molecule has 4 nitrogen and oxygen atoms in total. The van der Waals surface area contributed by atoms with Crippen molar-refractivity contribution in [2.45, 2.75) is 65.8 Å². The molecule has 19 heavy (non-hydrogen) atoms. The number of rotatable bonds is 9. The lowest BCUT2D eigenvalue weighted by Crippen LogP contribution is -2.47. The zero-order valence-corrected chi connectivity index (χ0v) is 12.7. The Balaban J connectivity index is 4.94. The van der Waals surface area contributed by atoms with Crippen molar-refractivity contribution in [2.24, 2.45) is 11.3 Å². The molecular weight excluding hydrogens is 240 g/mol. The fraction of sp³-hybridized carbons (Fsp3) is 0.867. The molecule has 0 radical (unpaired) electrons. The minimum absolute atomic E-state index is 0.0459. The average Bonchev–Trinajstić information content (AvgIpc) is 2.37. The molecule has 0 saturated heterocycles. The van der Waals surface area contributed by atoms with Crippen LogP contribution in [-0.2, 0) is 4.79 Å². The molecule has 0 aliphatic carbocycles. The number of nitrogens with one attached hydrogen (secondary N) is 1. The smallest absolute Gasteiger partial charge is 0.240 e. The molecule has 0 fully saturated rings. The fourth-order valence-electron chi connectivity index (χ4n) is 2.39. The van der Waals surface area contributed by atoms with Crippen molar-refractivity contribution in [1.82, 2.24) is 5.32 Å². The van der Waals surface area contributed by atoms with E-state index in [9.17, 15) is 10.1 Å². The molecule has 0 aromatic carbocycles. The Morgan fingerprint density at radius 3 is 2.16 bits per heavy atom. The molecule has 0 bridgehead atoms. The number of amides is 1. The molecule has 1 atom stereocenters. The van der Waals surface area contributed by atoms with Gasteiger partial charge >= 0.3 is 0 Å². The molecule has 0 aliphatic rings. The lowest BCUT2D eigenvalue weighted by Gasteiger charge is -2.29. The predicted octanol–water partition coefficient (Wildman–Crippen LogP) is 2.62. The largest absolute Gasteiger partial charge is 0.396 e. The Bertz CT molecular complexity index is 302. The molecule has 0 aromatic rings. The monoisotopic (exact) mass is 268 g/mol. The first-order chi connectivity index (χ1) is 8.97. The molecule has 0 spiro atoms. The van der Waals surface area contributed by atoms with Crippen LogP contribution in [-0.4, -0.2) is 23.7 Å². The van der Waals surface area contributed by atoms with Gasteiger partial charge < -0.3 is 10.4 Å². The second-order valence-electron chi connectivity index (χ2n) is 5.53. The molecule has 0 heterocycles. The van der Waals surface area contributed by atoms with E-state index >= 15 is 0 Å². The van der Waals surface area contributed by atoms with E-state index in [2.05, 4.69) is 11.4 Å². The highest BCUT2D eigenvalue weighted by Crippen LogP contribution is 2.30. The van der Waals surface area contributed by atoms with Gasteiger partial charge in [-0.05, 0) is 25.2 Å². The summed E-state index contributed by atoms with van der Waals surface area (Å²) in [5, 5.41) is 21.4. The number of nitrogens with zero attached hydrogens (tertiary/aromatic N) is 1. The van der Waals surface area contributed by atoms with E-state index in [1.807, 2.05) is 27.7 Å². The van der Waals surface area contributed by atoms with Gasteiger partial charge in [-0.2, -0.15) is 5.26 Å². The summed E-state index contributed by atoms with van der Waals surface area (Å²) in [5.74, 6) is 0.0709. The summed E-state index contributed by atoms with van der Waals surface area (Å²) in [6, 6.07) is 2.16. The molecule has 1 unspecified atom stereocenters. The first-order valence-corrected chi connectivity index (χ1v) is 7.30. The van der Waals surface area contributed by atoms with Crippen LogP contribution in [0.15, 0.2) is 0 Å². The summed E-state index contributed by atoms with van der Waals surface area (Å²) in [7, 11) is 0. The quantitative estimate of drug-likeness (QED) is 0.675. The topological polar surface area (TPSA) is 73.1 Å². The molecular formula is C15H28N2O2. The van der Waals surface area contributed by atoms with Gasteiger partial charge in [0.15, 0.2) is 0 Å². The van der Waals surface area contributed by atoms with Crippen LogP contribution in [0.5, 0.6) is 0 Å². The van der Waals surface area contributed by atoms with Crippen LogP contribution in [0.3, 0.4) is 0 Å². The third-order valence-electron chi connectivity index (χ3n) is 3.56. The van der Waals surface area contributed by atoms with E-state index in [0.717, 1.165) is 12.8 Å². The van der Waals surface area contributed by atoms with Crippen LogP contribution >= 0.6 is 0 Å². The lowest BCUT2D eigenvalue weighted by molar-refractivity contribution is -0.130. The molecule has 4 heteroatoms. The van der Waals surface area contributed by atoms with Crippen molar-refractivity contribution < 1.29 is 9.90 Å². The highest BCUT2D eigenvalue weighted by atomic mass is 16.3. The minimum atomic E-state index is -0.911. The molecule has 1 amide bonds. The van der Waals surface area contributed by atoms with Gasteiger partial charge in [0.1, 0.15) is 5.41 Å². The van der Waals surface area contributed by atoms with Gasteiger partial charge in [0.25, 0.3) is 0 Å². The molecule has 0 saturated carbocycles. The average molecular weight is 268 g/mol. The Hall–Kier alpha value is -1.08. The van der Waals surface area contributed by atoms with Crippen LogP contribution in [0.2, 0.25) is 0 Å². The third kappa shape index (κ3) is 5.20. The Kier molecular flexibility index (Phi) is 8.42. The number of aliphatic hydroxyl groups is 1. The highest BCUT2D eigenvalue weighted by Gasteiger charge is 2.38. The van der Waals surface area contributed by atoms with E-state index in [-0.39, 0.29) is 24.5 Å². The van der Waals surface area contributed by atoms with Crippen LogP contribution < -0.4 is 5.32 Å². The first-order valence-electron chi connectivity index (χ1n) is 7.30. The molecule has 2 N–H and O–H groups in total. The summed E-state index contributed by atoms with van der Waals surface area (Å²) >= 11 is 0. The molecule has 0 rings (SSSR count). The van der Waals surface area contributed by atoms with Gasteiger partial charge in [-0.3, -0.25) is 4.79 Å². The van der Waals surface area contributed by atoms with Crippen molar-refractivity contribution in [3.8, 4) is 6.07 Å². The van der Waals surface area contributed by atoms with Gasteiger partial charge in [0.05, 0.1) is 6.07 Å². The SMILES string of the molecule is CCCC(C#N)(CCC)C(=O)NC(CCO)C(C)C. The second kappa shape index (κ2) is 8.92. The van der Waals surface area contributed by atoms with Crippen molar-refractivity contribution >= 4 is 5.91 Å². The Labute approximate surface area is 117 Å². The van der Waals surface area contributed by atoms with E-state index < -0.39 is 5.41 Å². The summed E-state index contributed by atoms with van der Waals surface area (Å²) in [5.41, 5.74) is -0.911. The second-order valence-corrected chi connectivity index (χ2v) is 5.53. The van der Waals surface area contributed by atoms with Crippen molar-refractivity contribution in [1.29, 1.82) is 5.26 Å².